The molecule has 0 amide bonds. The van der Waals surface area contributed by atoms with Crippen molar-refractivity contribution in [1.29, 1.82) is 0 Å². The molecule has 3 rings (SSSR count). The number of anilines is 1. The van der Waals surface area contributed by atoms with Crippen LogP contribution in [-0.2, 0) is 21.2 Å². The molecule has 3 aromatic carbocycles. The summed E-state index contributed by atoms with van der Waals surface area (Å²) in [6.45, 7) is 0. The minimum Gasteiger partial charge on any atom is -0.481 e. The standard InChI is InChI=1S/C20H15Cl2NO5S/c21-17-10-13(12-19(24)25)11-18(22)20(17)28-15-8-6-14(7-9-15)23-29(26,27)16-4-2-1-3-5-16/h1-11,23H,12H2,(H,24,25). The number of halogens is 2. The predicted octanol–water partition coefficient (Wildman–Crippen LogP) is 5.21. The van der Waals surface area contributed by atoms with E-state index < -0.39 is 16.0 Å². The topological polar surface area (TPSA) is 92.7 Å². The van der Waals surface area contributed by atoms with E-state index in [0.717, 1.165) is 0 Å². The third-order valence-corrected chi connectivity index (χ3v) is 5.75. The molecule has 0 aliphatic carbocycles. The zero-order valence-corrected chi connectivity index (χ0v) is 17.1. The molecular weight excluding hydrogens is 437 g/mol. The summed E-state index contributed by atoms with van der Waals surface area (Å²) in [5.74, 6) is -0.443. The van der Waals surface area contributed by atoms with Crippen LogP contribution in [0.5, 0.6) is 11.5 Å². The van der Waals surface area contributed by atoms with Gasteiger partial charge in [-0.05, 0) is 54.1 Å². The van der Waals surface area contributed by atoms with Gasteiger partial charge in [0.2, 0.25) is 0 Å². The highest BCUT2D eigenvalue weighted by Crippen LogP contribution is 2.37. The SMILES string of the molecule is O=C(O)Cc1cc(Cl)c(Oc2ccc(NS(=O)(=O)c3ccccc3)cc2)c(Cl)c1. The van der Waals surface area contributed by atoms with Gasteiger partial charge in [-0.2, -0.15) is 0 Å². The molecule has 29 heavy (non-hydrogen) atoms. The van der Waals surface area contributed by atoms with Crippen LogP contribution in [0, 0.1) is 0 Å². The smallest absolute Gasteiger partial charge is 0.307 e. The summed E-state index contributed by atoms with van der Waals surface area (Å²) < 4.78 is 32.9. The lowest BCUT2D eigenvalue weighted by atomic mass is 10.1. The van der Waals surface area contributed by atoms with Gasteiger partial charge in [0.05, 0.1) is 21.4 Å². The maximum Gasteiger partial charge on any atom is 0.307 e. The lowest BCUT2D eigenvalue weighted by Crippen LogP contribution is -2.12. The Kier molecular flexibility index (Phi) is 6.32. The number of hydrogen-bond acceptors (Lipinski definition) is 4. The second kappa shape index (κ2) is 8.73. The van der Waals surface area contributed by atoms with Gasteiger partial charge in [-0.25, -0.2) is 8.42 Å². The average molecular weight is 452 g/mol. The minimum absolute atomic E-state index is 0.153. The summed E-state index contributed by atoms with van der Waals surface area (Å²) in [5.41, 5.74) is 0.806. The Bertz CT molecular complexity index is 1110. The van der Waals surface area contributed by atoms with Crippen LogP contribution in [0.2, 0.25) is 10.0 Å². The fraction of sp³-hybridized carbons (Fsp3) is 0.0500. The molecule has 0 aromatic heterocycles. The van der Waals surface area contributed by atoms with E-state index in [2.05, 4.69) is 4.72 Å². The molecule has 0 saturated heterocycles. The minimum atomic E-state index is -3.69. The molecule has 2 N–H and O–H groups in total. The van der Waals surface area contributed by atoms with Gasteiger partial charge in [-0.1, -0.05) is 41.4 Å². The van der Waals surface area contributed by atoms with Crippen molar-refractivity contribution in [3.05, 3.63) is 82.3 Å². The van der Waals surface area contributed by atoms with E-state index in [4.69, 9.17) is 33.0 Å². The number of carboxylic acids is 1. The molecule has 0 spiro atoms. The van der Waals surface area contributed by atoms with Crippen molar-refractivity contribution in [3.63, 3.8) is 0 Å². The number of benzene rings is 3. The molecule has 0 unspecified atom stereocenters. The van der Waals surface area contributed by atoms with Crippen LogP contribution < -0.4 is 9.46 Å². The summed E-state index contributed by atoms with van der Waals surface area (Å²) in [7, 11) is -3.69. The number of sulfonamides is 1. The number of aliphatic carboxylic acids is 1. The normalized spacial score (nSPS) is 11.1. The summed E-state index contributed by atoms with van der Waals surface area (Å²) in [5, 5.41) is 9.20. The van der Waals surface area contributed by atoms with Crippen molar-refractivity contribution >= 4 is 44.9 Å². The van der Waals surface area contributed by atoms with E-state index in [1.165, 1.54) is 36.4 Å². The van der Waals surface area contributed by atoms with E-state index in [0.29, 0.717) is 17.0 Å². The first-order valence-electron chi connectivity index (χ1n) is 8.30. The zero-order chi connectivity index (χ0) is 21.0. The third kappa shape index (κ3) is 5.41. The summed E-state index contributed by atoms with van der Waals surface area (Å²) in [6.07, 6.45) is -0.212. The van der Waals surface area contributed by atoms with Gasteiger partial charge in [0.25, 0.3) is 10.0 Å². The number of nitrogens with one attached hydrogen (secondary N) is 1. The van der Waals surface area contributed by atoms with Gasteiger partial charge >= 0.3 is 5.97 Å². The number of carbonyl (C=O) groups is 1. The molecule has 0 aliphatic rings. The van der Waals surface area contributed by atoms with E-state index in [9.17, 15) is 13.2 Å². The lowest BCUT2D eigenvalue weighted by Gasteiger charge is -2.12. The first-order chi connectivity index (χ1) is 13.7. The molecule has 0 radical (unpaired) electrons. The Morgan fingerprint density at radius 2 is 1.55 bits per heavy atom. The molecule has 3 aromatic rings. The molecule has 0 saturated carbocycles. The first-order valence-corrected chi connectivity index (χ1v) is 10.5. The summed E-state index contributed by atoms with van der Waals surface area (Å²) >= 11 is 12.3. The maximum atomic E-state index is 12.4. The first kappa shape index (κ1) is 21.0. The Morgan fingerprint density at radius 3 is 2.10 bits per heavy atom. The highest BCUT2D eigenvalue weighted by molar-refractivity contribution is 7.92. The number of carboxylic acid groups (broad SMARTS) is 1. The van der Waals surface area contributed by atoms with Gasteiger partial charge in [0, 0.05) is 5.69 Å². The highest BCUT2D eigenvalue weighted by atomic mass is 35.5. The molecular formula is C20H15Cl2NO5S. The largest absolute Gasteiger partial charge is 0.481 e. The van der Waals surface area contributed by atoms with Crippen molar-refractivity contribution in [3.8, 4) is 11.5 Å². The summed E-state index contributed by atoms with van der Waals surface area (Å²) in [4.78, 5) is 11.0. The number of ether oxygens (including phenoxy) is 1. The van der Waals surface area contributed by atoms with E-state index >= 15 is 0 Å². The quantitative estimate of drug-likeness (QED) is 0.513. The Balaban J connectivity index is 1.75. The third-order valence-electron chi connectivity index (χ3n) is 3.79. The van der Waals surface area contributed by atoms with Crippen molar-refractivity contribution in [2.45, 2.75) is 11.3 Å². The fourth-order valence-corrected chi connectivity index (χ4v) is 4.20. The van der Waals surface area contributed by atoms with Crippen LogP contribution in [0.4, 0.5) is 5.69 Å². The Hall–Kier alpha value is -2.74. The van der Waals surface area contributed by atoms with Gasteiger partial charge in [-0.3, -0.25) is 9.52 Å². The van der Waals surface area contributed by atoms with Crippen molar-refractivity contribution < 1.29 is 23.1 Å². The van der Waals surface area contributed by atoms with Gasteiger partial charge < -0.3 is 9.84 Å². The Labute approximate surface area is 177 Å². The molecule has 6 nitrogen and oxygen atoms in total. The second-order valence-electron chi connectivity index (χ2n) is 6.00. The Morgan fingerprint density at radius 1 is 0.966 bits per heavy atom. The van der Waals surface area contributed by atoms with Crippen LogP contribution in [0.25, 0.3) is 0 Å². The molecule has 0 bridgehead atoms. The van der Waals surface area contributed by atoms with Crippen LogP contribution in [-0.4, -0.2) is 19.5 Å². The molecule has 0 aliphatic heterocycles. The number of hydrogen-bond donors (Lipinski definition) is 2. The average Bonchev–Trinajstić information content (AvgIpc) is 2.66. The van der Waals surface area contributed by atoms with Gasteiger partial charge in [0.15, 0.2) is 5.75 Å². The monoisotopic (exact) mass is 451 g/mol. The summed E-state index contributed by atoms with van der Waals surface area (Å²) in [6, 6.07) is 17.1. The predicted molar refractivity (Wildman–Crippen MR) is 112 cm³/mol. The lowest BCUT2D eigenvalue weighted by molar-refractivity contribution is -0.136. The van der Waals surface area contributed by atoms with E-state index in [1.807, 2.05) is 0 Å². The molecule has 0 fully saturated rings. The van der Waals surface area contributed by atoms with E-state index in [-0.39, 0.29) is 27.1 Å². The van der Waals surface area contributed by atoms with Gasteiger partial charge in [-0.15, -0.1) is 0 Å². The van der Waals surface area contributed by atoms with Gasteiger partial charge in [0.1, 0.15) is 5.75 Å². The van der Waals surface area contributed by atoms with Crippen LogP contribution in [0.15, 0.2) is 71.6 Å². The van der Waals surface area contributed by atoms with Crippen LogP contribution in [0.1, 0.15) is 5.56 Å². The van der Waals surface area contributed by atoms with Crippen molar-refractivity contribution in [2.75, 3.05) is 4.72 Å². The van der Waals surface area contributed by atoms with Crippen molar-refractivity contribution in [2.24, 2.45) is 0 Å². The molecule has 150 valence electrons. The molecule has 9 heteroatoms. The fourth-order valence-electron chi connectivity index (χ4n) is 2.51. The maximum absolute atomic E-state index is 12.4. The highest BCUT2D eigenvalue weighted by Gasteiger charge is 2.15. The second-order valence-corrected chi connectivity index (χ2v) is 8.50. The molecule has 0 atom stereocenters. The van der Waals surface area contributed by atoms with Crippen LogP contribution >= 0.6 is 23.2 Å². The van der Waals surface area contributed by atoms with Crippen molar-refractivity contribution in [1.82, 2.24) is 0 Å². The number of rotatable bonds is 7. The zero-order valence-electron chi connectivity index (χ0n) is 14.8. The molecule has 0 heterocycles. The van der Waals surface area contributed by atoms with E-state index in [1.54, 1.807) is 30.3 Å². The van der Waals surface area contributed by atoms with Crippen LogP contribution in [0.3, 0.4) is 0 Å².